The van der Waals surface area contributed by atoms with Crippen molar-refractivity contribution in [3.05, 3.63) is 34.4 Å². The van der Waals surface area contributed by atoms with Gasteiger partial charge in [-0.1, -0.05) is 31.5 Å². The van der Waals surface area contributed by atoms with Crippen molar-refractivity contribution in [1.82, 2.24) is 10.2 Å². The molecule has 0 aliphatic heterocycles. The van der Waals surface area contributed by atoms with Crippen LogP contribution in [-0.4, -0.2) is 30.6 Å². The van der Waals surface area contributed by atoms with Gasteiger partial charge in [0.2, 0.25) is 0 Å². The molecule has 1 aromatic rings. The molecule has 0 spiro atoms. The van der Waals surface area contributed by atoms with E-state index in [0.29, 0.717) is 12.1 Å². The van der Waals surface area contributed by atoms with E-state index in [1.807, 2.05) is 0 Å². The van der Waals surface area contributed by atoms with E-state index in [2.05, 4.69) is 70.8 Å². The summed E-state index contributed by atoms with van der Waals surface area (Å²) in [5.41, 5.74) is 5.68. The molecule has 1 atom stereocenters. The summed E-state index contributed by atoms with van der Waals surface area (Å²) in [5.74, 6) is 0. The number of likely N-dealkylation sites (N-methyl/N-ethyl adjacent to an activating group) is 1. The first-order chi connectivity index (χ1) is 9.90. The van der Waals surface area contributed by atoms with Crippen LogP contribution >= 0.6 is 0 Å². The lowest BCUT2D eigenvalue weighted by atomic mass is 9.93. The van der Waals surface area contributed by atoms with E-state index in [1.54, 1.807) is 0 Å². The molecule has 0 radical (unpaired) electrons. The molecule has 0 fully saturated rings. The quantitative estimate of drug-likeness (QED) is 0.764. The molecule has 0 saturated heterocycles. The minimum absolute atomic E-state index is 0.421. The Kier molecular flexibility index (Phi) is 7.41. The first-order valence-electron chi connectivity index (χ1n) is 8.45. The van der Waals surface area contributed by atoms with Gasteiger partial charge in [-0.15, -0.1) is 0 Å². The van der Waals surface area contributed by atoms with Crippen LogP contribution in [0.15, 0.2) is 12.1 Å². The molecule has 0 saturated carbocycles. The third-order valence-corrected chi connectivity index (χ3v) is 4.20. The fourth-order valence-corrected chi connectivity index (χ4v) is 3.33. The third-order valence-electron chi connectivity index (χ3n) is 4.20. The molecular formula is C19H34N2. The molecule has 0 bridgehead atoms. The van der Waals surface area contributed by atoms with Crippen molar-refractivity contribution >= 4 is 0 Å². The van der Waals surface area contributed by atoms with Crippen molar-refractivity contribution in [2.45, 2.75) is 67.0 Å². The lowest BCUT2D eigenvalue weighted by Gasteiger charge is -2.32. The van der Waals surface area contributed by atoms with Crippen molar-refractivity contribution in [1.29, 1.82) is 0 Å². The minimum atomic E-state index is 0.421. The summed E-state index contributed by atoms with van der Waals surface area (Å²) in [5, 5.41) is 3.70. The maximum absolute atomic E-state index is 3.70. The van der Waals surface area contributed by atoms with Gasteiger partial charge in [-0.3, -0.25) is 4.90 Å². The molecular weight excluding hydrogens is 256 g/mol. The summed E-state index contributed by atoms with van der Waals surface area (Å²) in [6.07, 6.45) is 1.21. The summed E-state index contributed by atoms with van der Waals surface area (Å²) in [7, 11) is 0. The molecule has 120 valence electrons. The average Bonchev–Trinajstić information content (AvgIpc) is 2.36. The number of nitrogens with zero attached hydrogens (tertiary/aromatic N) is 1. The van der Waals surface area contributed by atoms with Gasteiger partial charge in [0.15, 0.2) is 0 Å². The standard InChI is InChI=1S/C19H34N2/c1-8-10-21(14(3)4)13-18(20-9-2)19-16(6)11-15(5)12-17(19)7/h11-12,14,18,20H,8-10,13H2,1-7H3. The summed E-state index contributed by atoms with van der Waals surface area (Å²) >= 11 is 0. The van der Waals surface area contributed by atoms with Crippen molar-refractivity contribution in [3.8, 4) is 0 Å². The predicted octanol–water partition coefficient (Wildman–Crippen LogP) is 4.38. The number of benzene rings is 1. The summed E-state index contributed by atoms with van der Waals surface area (Å²) in [6.45, 7) is 19.0. The zero-order valence-electron chi connectivity index (χ0n) is 15.1. The Bertz CT molecular complexity index is 414. The molecule has 0 aliphatic rings. The lowest BCUT2D eigenvalue weighted by molar-refractivity contribution is 0.198. The Morgan fingerprint density at radius 2 is 1.62 bits per heavy atom. The Labute approximate surface area is 131 Å². The molecule has 2 nitrogen and oxygen atoms in total. The fourth-order valence-electron chi connectivity index (χ4n) is 3.33. The van der Waals surface area contributed by atoms with Crippen molar-refractivity contribution < 1.29 is 0 Å². The molecule has 2 heteroatoms. The lowest BCUT2D eigenvalue weighted by Crippen LogP contribution is -2.40. The van der Waals surface area contributed by atoms with E-state index in [0.717, 1.165) is 13.1 Å². The first-order valence-corrected chi connectivity index (χ1v) is 8.45. The highest BCUT2D eigenvalue weighted by molar-refractivity contribution is 5.39. The van der Waals surface area contributed by atoms with Crippen molar-refractivity contribution in [2.75, 3.05) is 19.6 Å². The summed E-state index contributed by atoms with van der Waals surface area (Å²) in [4.78, 5) is 2.59. The van der Waals surface area contributed by atoms with Gasteiger partial charge in [0.25, 0.3) is 0 Å². The van der Waals surface area contributed by atoms with Gasteiger partial charge in [0, 0.05) is 18.6 Å². The molecule has 0 heterocycles. The fraction of sp³-hybridized carbons (Fsp3) is 0.684. The Balaban J connectivity index is 3.06. The van der Waals surface area contributed by atoms with E-state index in [1.165, 1.54) is 35.2 Å². The molecule has 1 N–H and O–H groups in total. The SMILES string of the molecule is CCCN(CC(NCC)c1c(C)cc(C)cc1C)C(C)C. The zero-order chi connectivity index (χ0) is 16.0. The maximum Gasteiger partial charge on any atom is 0.0454 e. The normalized spacial score (nSPS) is 13.2. The van der Waals surface area contributed by atoms with Crippen LogP contribution in [0.3, 0.4) is 0 Å². The van der Waals surface area contributed by atoms with Gasteiger partial charge < -0.3 is 5.32 Å². The molecule has 21 heavy (non-hydrogen) atoms. The molecule has 0 aliphatic carbocycles. The molecule has 1 rings (SSSR count). The number of hydrogen-bond donors (Lipinski definition) is 1. The van der Waals surface area contributed by atoms with Crippen LogP contribution in [0.5, 0.6) is 0 Å². The maximum atomic E-state index is 3.70. The topological polar surface area (TPSA) is 15.3 Å². The molecule has 0 amide bonds. The van der Waals surface area contributed by atoms with Crippen LogP contribution in [0.2, 0.25) is 0 Å². The van der Waals surface area contributed by atoms with Crippen LogP contribution in [0.25, 0.3) is 0 Å². The van der Waals surface area contributed by atoms with Gasteiger partial charge in [0.1, 0.15) is 0 Å². The molecule has 1 unspecified atom stereocenters. The summed E-state index contributed by atoms with van der Waals surface area (Å²) < 4.78 is 0. The average molecular weight is 290 g/mol. The van der Waals surface area contributed by atoms with Gasteiger partial charge in [0.05, 0.1) is 0 Å². The number of nitrogens with one attached hydrogen (secondary N) is 1. The zero-order valence-corrected chi connectivity index (χ0v) is 15.1. The first kappa shape index (κ1) is 18.2. The minimum Gasteiger partial charge on any atom is -0.309 e. The highest BCUT2D eigenvalue weighted by atomic mass is 15.2. The molecule has 0 aromatic heterocycles. The highest BCUT2D eigenvalue weighted by Crippen LogP contribution is 2.25. The van der Waals surface area contributed by atoms with E-state index < -0.39 is 0 Å². The predicted molar refractivity (Wildman–Crippen MR) is 94.1 cm³/mol. The van der Waals surface area contributed by atoms with E-state index in [9.17, 15) is 0 Å². The van der Waals surface area contributed by atoms with Gasteiger partial charge in [-0.2, -0.15) is 0 Å². The smallest absolute Gasteiger partial charge is 0.0454 e. The van der Waals surface area contributed by atoms with Crippen LogP contribution < -0.4 is 5.32 Å². The van der Waals surface area contributed by atoms with Crippen LogP contribution in [0, 0.1) is 20.8 Å². The van der Waals surface area contributed by atoms with E-state index in [4.69, 9.17) is 0 Å². The third kappa shape index (κ3) is 5.12. The van der Waals surface area contributed by atoms with Crippen molar-refractivity contribution in [2.24, 2.45) is 0 Å². The van der Waals surface area contributed by atoms with Gasteiger partial charge in [-0.05, 0) is 70.8 Å². The van der Waals surface area contributed by atoms with E-state index >= 15 is 0 Å². The Morgan fingerprint density at radius 3 is 2.05 bits per heavy atom. The Morgan fingerprint density at radius 1 is 1.05 bits per heavy atom. The van der Waals surface area contributed by atoms with Crippen LogP contribution in [-0.2, 0) is 0 Å². The van der Waals surface area contributed by atoms with Gasteiger partial charge in [-0.25, -0.2) is 0 Å². The summed E-state index contributed by atoms with van der Waals surface area (Å²) in [6, 6.07) is 5.64. The molecule has 1 aromatic carbocycles. The number of aryl methyl sites for hydroxylation is 3. The van der Waals surface area contributed by atoms with Gasteiger partial charge >= 0.3 is 0 Å². The highest BCUT2D eigenvalue weighted by Gasteiger charge is 2.20. The Hall–Kier alpha value is -0.860. The second-order valence-corrected chi connectivity index (χ2v) is 6.51. The van der Waals surface area contributed by atoms with E-state index in [-0.39, 0.29) is 0 Å². The number of rotatable bonds is 8. The number of hydrogen-bond acceptors (Lipinski definition) is 2. The second-order valence-electron chi connectivity index (χ2n) is 6.51. The van der Waals surface area contributed by atoms with Crippen molar-refractivity contribution in [3.63, 3.8) is 0 Å². The van der Waals surface area contributed by atoms with Crippen LogP contribution in [0.4, 0.5) is 0 Å². The second kappa shape index (κ2) is 8.55. The largest absolute Gasteiger partial charge is 0.309 e. The van der Waals surface area contributed by atoms with Crippen LogP contribution in [0.1, 0.15) is 62.4 Å². The monoisotopic (exact) mass is 290 g/mol.